The fourth-order valence-electron chi connectivity index (χ4n) is 4.13. The molecule has 0 aromatic rings. The first-order chi connectivity index (χ1) is 16.9. The molecule has 3 aliphatic rings. The number of nitrogens with one attached hydrogen (secondary N) is 3. The van der Waals surface area contributed by atoms with Crippen LogP contribution in [0.4, 0.5) is 4.79 Å². The van der Waals surface area contributed by atoms with E-state index in [1.165, 1.54) is 0 Å². The van der Waals surface area contributed by atoms with Gasteiger partial charge < -0.3 is 22.2 Å². The van der Waals surface area contributed by atoms with Gasteiger partial charge in [0.1, 0.15) is 5.25 Å². The number of carbonyl (C=O) groups is 5. The molecule has 0 radical (unpaired) electrons. The van der Waals surface area contributed by atoms with Crippen molar-refractivity contribution >= 4 is 53.5 Å². The van der Waals surface area contributed by atoms with Crippen molar-refractivity contribution in [3.05, 3.63) is 0 Å². The molecule has 13 nitrogen and oxygen atoms in total. The minimum absolute atomic E-state index is 0. The third kappa shape index (κ3) is 9.35. The molecule has 3 aliphatic heterocycles. The summed E-state index contributed by atoms with van der Waals surface area (Å²) in [5.74, 6) is -1.23. The number of hydroxylamine groups is 2. The number of hydrogen-bond donors (Lipinski definition) is 4. The summed E-state index contributed by atoms with van der Waals surface area (Å²) in [6.45, 7) is 0.503. The largest absolute Gasteiger partial charge is 1.00 e. The van der Waals surface area contributed by atoms with Crippen molar-refractivity contribution in [2.45, 2.75) is 80.4 Å². The van der Waals surface area contributed by atoms with Crippen molar-refractivity contribution in [1.82, 2.24) is 21.0 Å². The zero-order chi connectivity index (χ0) is 25.2. The van der Waals surface area contributed by atoms with Crippen LogP contribution in [0.2, 0.25) is 0 Å². The number of urea groups is 1. The third-order valence-corrected chi connectivity index (χ3v) is 8.15. The SMILES string of the molecule is O=C(CCCCC1SC[C@@H]2NC(=O)N[C@H]12)NCCCCCC(=O)ON1C(=O)CC(SOOO)C1=O.[H-].[Na+]. The number of nitrogens with zero attached hydrogens (tertiary/aromatic N) is 1. The van der Waals surface area contributed by atoms with Gasteiger partial charge in [-0.25, -0.2) is 14.8 Å². The number of unbranched alkanes of at least 4 members (excludes halogenated alkanes) is 3. The van der Waals surface area contributed by atoms with Crippen LogP contribution in [-0.4, -0.2) is 74.9 Å². The summed E-state index contributed by atoms with van der Waals surface area (Å²) in [4.78, 5) is 63.9. The minimum Gasteiger partial charge on any atom is -1.00 e. The van der Waals surface area contributed by atoms with Crippen molar-refractivity contribution in [1.29, 1.82) is 0 Å². The van der Waals surface area contributed by atoms with Crippen LogP contribution in [0, 0.1) is 0 Å². The molecule has 3 saturated heterocycles. The maximum Gasteiger partial charge on any atom is 1.00 e. The summed E-state index contributed by atoms with van der Waals surface area (Å²) in [6.07, 6.45) is 4.76. The molecule has 0 aromatic heterocycles. The van der Waals surface area contributed by atoms with Crippen LogP contribution >= 0.6 is 23.8 Å². The number of hydrogen-bond acceptors (Lipinski definition) is 11. The van der Waals surface area contributed by atoms with Gasteiger partial charge in [0.25, 0.3) is 11.8 Å². The number of carbonyl (C=O) groups excluding carboxylic acids is 5. The van der Waals surface area contributed by atoms with Gasteiger partial charge in [-0.3, -0.25) is 14.4 Å². The Balaban J connectivity index is 0.00000342. The van der Waals surface area contributed by atoms with E-state index in [1.807, 2.05) is 11.8 Å². The minimum atomic E-state index is -0.965. The first kappa shape index (κ1) is 31.1. The Morgan fingerprint density at radius 1 is 1.14 bits per heavy atom. The van der Waals surface area contributed by atoms with E-state index in [0.717, 1.165) is 25.0 Å². The second-order valence-corrected chi connectivity index (χ2v) is 10.6. The summed E-state index contributed by atoms with van der Waals surface area (Å²) < 4.78 is 4.16. The van der Waals surface area contributed by atoms with Crippen molar-refractivity contribution in [2.75, 3.05) is 12.3 Å². The molecule has 0 aliphatic carbocycles. The second kappa shape index (κ2) is 16.0. The number of rotatable bonds is 15. The van der Waals surface area contributed by atoms with Gasteiger partial charge in [0.2, 0.25) is 5.91 Å². The van der Waals surface area contributed by atoms with E-state index in [2.05, 4.69) is 25.3 Å². The van der Waals surface area contributed by atoms with Crippen molar-refractivity contribution in [2.24, 2.45) is 0 Å². The van der Waals surface area contributed by atoms with E-state index in [9.17, 15) is 24.0 Å². The Kier molecular flexibility index (Phi) is 13.9. The molecule has 3 heterocycles. The molecule has 0 saturated carbocycles. The molecule has 2 unspecified atom stereocenters. The molecule has 36 heavy (non-hydrogen) atoms. The van der Waals surface area contributed by atoms with Gasteiger partial charge in [0.15, 0.2) is 0 Å². The summed E-state index contributed by atoms with van der Waals surface area (Å²) in [5.41, 5.74) is 0. The van der Waals surface area contributed by atoms with E-state index < -0.39 is 23.0 Å². The first-order valence-corrected chi connectivity index (χ1v) is 13.4. The Labute approximate surface area is 240 Å². The summed E-state index contributed by atoms with van der Waals surface area (Å²) in [7, 11) is 0. The number of thioether (sulfide) groups is 1. The van der Waals surface area contributed by atoms with Crippen molar-refractivity contribution < 1.29 is 74.4 Å². The predicted octanol–water partition coefficient (Wildman–Crippen LogP) is -1.84. The van der Waals surface area contributed by atoms with Gasteiger partial charge in [-0.2, -0.15) is 11.8 Å². The molecule has 3 fully saturated rings. The fourth-order valence-corrected chi connectivity index (χ4v) is 6.19. The topological polar surface area (TPSA) is 173 Å². The van der Waals surface area contributed by atoms with Gasteiger partial charge in [0.05, 0.1) is 18.5 Å². The average molecular weight is 559 g/mol. The van der Waals surface area contributed by atoms with Crippen LogP contribution in [0.5, 0.6) is 0 Å². The average Bonchev–Trinajstić information content (AvgIpc) is 3.46. The van der Waals surface area contributed by atoms with Crippen LogP contribution < -0.4 is 45.5 Å². The smallest absolute Gasteiger partial charge is 1.00 e. The molecule has 4 N–H and O–H groups in total. The van der Waals surface area contributed by atoms with Crippen LogP contribution in [0.15, 0.2) is 0 Å². The maximum absolute atomic E-state index is 12.0. The van der Waals surface area contributed by atoms with Gasteiger partial charge in [-0.1, -0.05) is 17.9 Å². The Morgan fingerprint density at radius 2 is 1.92 bits per heavy atom. The van der Waals surface area contributed by atoms with E-state index in [-0.39, 0.29) is 67.8 Å². The van der Waals surface area contributed by atoms with Crippen LogP contribution in [0.3, 0.4) is 0 Å². The van der Waals surface area contributed by atoms with E-state index in [4.69, 9.17) is 10.1 Å². The monoisotopic (exact) mass is 558 g/mol. The molecule has 16 heteroatoms. The summed E-state index contributed by atoms with van der Waals surface area (Å²) in [5, 5.41) is 20.1. The van der Waals surface area contributed by atoms with Crippen LogP contribution in [0.1, 0.15) is 59.2 Å². The number of amides is 5. The predicted molar refractivity (Wildman–Crippen MR) is 125 cm³/mol. The normalized spacial score (nSPS) is 24.7. The van der Waals surface area contributed by atoms with E-state index in [0.29, 0.717) is 54.6 Å². The molecule has 4 atom stereocenters. The van der Waals surface area contributed by atoms with Crippen molar-refractivity contribution in [3.8, 4) is 0 Å². The van der Waals surface area contributed by atoms with Gasteiger partial charge >= 0.3 is 41.6 Å². The summed E-state index contributed by atoms with van der Waals surface area (Å²) >= 11 is 2.31. The zero-order valence-corrected chi connectivity index (χ0v) is 23.7. The molecular formula is C20H31N4NaO9S2. The molecule has 198 valence electrons. The van der Waals surface area contributed by atoms with Crippen LogP contribution in [0.25, 0.3) is 0 Å². The Bertz CT molecular complexity index is 816. The standard InChI is InChI=1S/C20H30N4O9S2.Na.H/c25-15(7-4-3-6-13-18-12(11-34-13)22-20(29)23-18)21-9-5-1-2-8-17(27)31-24-16(26)10-14(19(24)28)35-33-32-30;;/h12-14,18,30H,1-11H2,(H,21,25)(H2,22,23,29);;/q;+1;-1/t12-,13?,14?,18-;;/m0../s1. The number of fused-ring (bicyclic) bond motifs is 1. The van der Waals surface area contributed by atoms with Crippen molar-refractivity contribution in [3.63, 3.8) is 0 Å². The number of imide groups is 1. The van der Waals surface area contributed by atoms with E-state index in [1.54, 1.807) is 0 Å². The fraction of sp³-hybridized carbons (Fsp3) is 0.750. The molecule has 0 aromatic carbocycles. The molecule has 0 spiro atoms. The summed E-state index contributed by atoms with van der Waals surface area (Å²) in [6, 6.07) is 0.312. The maximum atomic E-state index is 12.0. The third-order valence-electron chi connectivity index (χ3n) is 5.90. The van der Waals surface area contributed by atoms with Crippen LogP contribution in [-0.2, 0) is 33.4 Å². The first-order valence-electron chi connectivity index (χ1n) is 11.6. The quantitative estimate of drug-likeness (QED) is 0.0338. The Hall–Kier alpha value is -1.07. The molecule has 3 rings (SSSR count). The van der Waals surface area contributed by atoms with Gasteiger partial charge in [-0.05, 0) is 25.7 Å². The molecule has 5 amide bonds. The van der Waals surface area contributed by atoms with Gasteiger partial charge in [0, 0.05) is 42.4 Å². The Morgan fingerprint density at radius 3 is 2.69 bits per heavy atom. The zero-order valence-electron chi connectivity index (χ0n) is 21.1. The molecule has 0 bridgehead atoms. The second-order valence-electron chi connectivity index (χ2n) is 8.45. The van der Waals surface area contributed by atoms with E-state index >= 15 is 0 Å². The molecular weight excluding hydrogens is 527 g/mol. The van der Waals surface area contributed by atoms with Gasteiger partial charge in [-0.15, -0.1) is 9.40 Å².